The second kappa shape index (κ2) is 7.96. The Morgan fingerprint density at radius 3 is 2.43 bits per heavy atom. The first kappa shape index (κ1) is 17.4. The molecule has 1 rings (SSSR count). The molecule has 1 atom stereocenters. The molecule has 0 bridgehead atoms. The number of hydrogen-bond donors (Lipinski definition) is 1. The van der Waals surface area contributed by atoms with Gasteiger partial charge in [-0.05, 0) is 51.2 Å². The van der Waals surface area contributed by atoms with E-state index >= 15 is 0 Å². The highest BCUT2D eigenvalue weighted by Crippen LogP contribution is 2.28. The van der Waals surface area contributed by atoms with Gasteiger partial charge in [-0.15, -0.1) is 6.58 Å². The van der Waals surface area contributed by atoms with E-state index in [0.717, 1.165) is 0 Å². The zero-order chi connectivity index (χ0) is 15.9. The summed E-state index contributed by atoms with van der Waals surface area (Å²) in [6.45, 7) is 6.01. The number of aliphatic hydroxyl groups is 1. The molecule has 1 unspecified atom stereocenters. The SMILES string of the molecule is C=CCC(CC)(C(=O)c1ccc(OCCO)cc1)N(C)C. The molecule has 0 spiro atoms. The Hall–Kier alpha value is -1.65. The summed E-state index contributed by atoms with van der Waals surface area (Å²) >= 11 is 0. The lowest BCUT2D eigenvalue weighted by Gasteiger charge is -2.37. The van der Waals surface area contributed by atoms with E-state index < -0.39 is 5.54 Å². The van der Waals surface area contributed by atoms with Crippen molar-refractivity contribution in [1.82, 2.24) is 4.90 Å². The summed E-state index contributed by atoms with van der Waals surface area (Å²) in [7, 11) is 3.84. The van der Waals surface area contributed by atoms with Gasteiger partial charge in [0.25, 0.3) is 0 Å². The van der Waals surface area contributed by atoms with E-state index in [1.54, 1.807) is 30.3 Å². The fourth-order valence-electron chi connectivity index (χ4n) is 2.47. The summed E-state index contributed by atoms with van der Waals surface area (Å²) < 4.78 is 5.31. The highest BCUT2D eigenvalue weighted by atomic mass is 16.5. The van der Waals surface area contributed by atoms with Crippen LogP contribution in [0.1, 0.15) is 30.1 Å². The van der Waals surface area contributed by atoms with Gasteiger partial charge in [-0.25, -0.2) is 0 Å². The molecule has 116 valence electrons. The van der Waals surface area contributed by atoms with Crippen LogP contribution in [0.5, 0.6) is 5.75 Å². The normalized spacial score (nSPS) is 13.8. The molecular weight excluding hydrogens is 266 g/mol. The van der Waals surface area contributed by atoms with Gasteiger partial charge in [0.1, 0.15) is 12.4 Å². The van der Waals surface area contributed by atoms with Gasteiger partial charge in [0.2, 0.25) is 0 Å². The molecule has 1 aromatic rings. The minimum absolute atomic E-state index is 0.0282. The van der Waals surface area contributed by atoms with E-state index in [1.807, 2.05) is 25.9 Å². The topological polar surface area (TPSA) is 49.8 Å². The third-order valence-corrected chi connectivity index (χ3v) is 3.82. The third kappa shape index (κ3) is 3.93. The van der Waals surface area contributed by atoms with Crippen LogP contribution in [-0.4, -0.2) is 48.6 Å². The quantitative estimate of drug-likeness (QED) is 0.561. The molecule has 0 fully saturated rings. The van der Waals surface area contributed by atoms with Crippen LogP contribution in [0, 0.1) is 0 Å². The molecule has 0 radical (unpaired) electrons. The average Bonchev–Trinajstić information content (AvgIpc) is 2.50. The lowest BCUT2D eigenvalue weighted by molar-refractivity contribution is 0.0673. The van der Waals surface area contributed by atoms with E-state index in [-0.39, 0.29) is 19.0 Å². The predicted octanol–water partition coefficient (Wildman–Crippen LogP) is 2.53. The Bertz CT molecular complexity index is 467. The molecule has 0 aliphatic rings. The lowest BCUT2D eigenvalue weighted by Crippen LogP contribution is -2.50. The molecule has 0 saturated heterocycles. The van der Waals surface area contributed by atoms with Crippen LogP contribution in [0.4, 0.5) is 0 Å². The Morgan fingerprint density at radius 2 is 2.00 bits per heavy atom. The molecule has 0 amide bonds. The summed E-state index contributed by atoms with van der Waals surface area (Å²) in [5, 5.41) is 8.74. The molecule has 0 heterocycles. The molecule has 0 aliphatic heterocycles. The standard InChI is InChI=1S/C17H25NO3/c1-5-11-17(6-2,18(3)4)16(20)14-7-9-15(10-8-14)21-13-12-19/h5,7-10,19H,1,6,11-13H2,2-4H3. The fourth-order valence-corrected chi connectivity index (χ4v) is 2.47. The first-order valence-corrected chi connectivity index (χ1v) is 7.18. The van der Waals surface area contributed by atoms with Crippen molar-refractivity contribution in [2.24, 2.45) is 0 Å². The Kier molecular flexibility index (Phi) is 6.59. The number of likely N-dealkylation sites (N-methyl/N-ethyl adjacent to an activating group) is 1. The van der Waals surface area contributed by atoms with Crippen LogP contribution >= 0.6 is 0 Å². The van der Waals surface area contributed by atoms with Crippen LogP contribution < -0.4 is 4.74 Å². The van der Waals surface area contributed by atoms with E-state index in [4.69, 9.17) is 9.84 Å². The van der Waals surface area contributed by atoms with Crippen molar-refractivity contribution >= 4 is 5.78 Å². The summed E-state index contributed by atoms with van der Waals surface area (Å²) in [4.78, 5) is 14.8. The Morgan fingerprint density at radius 1 is 1.38 bits per heavy atom. The van der Waals surface area contributed by atoms with Crippen LogP contribution in [0.3, 0.4) is 0 Å². The van der Waals surface area contributed by atoms with Crippen molar-refractivity contribution in [2.75, 3.05) is 27.3 Å². The van der Waals surface area contributed by atoms with Gasteiger partial charge < -0.3 is 9.84 Å². The summed E-state index contributed by atoms with van der Waals surface area (Å²) in [5.41, 5.74) is 0.0960. The molecule has 21 heavy (non-hydrogen) atoms. The molecule has 1 N–H and O–H groups in total. The molecule has 4 nitrogen and oxygen atoms in total. The summed E-state index contributed by atoms with van der Waals surface area (Å²) in [6, 6.07) is 7.05. The first-order valence-electron chi connectivity index (χ1n) is 7.18. The summed E-state index contributed by atoms with van der Waals surface area (Å²) in [6.07, 6.45) is 3.12. The maximum Gasteiger partial charge on any atom is 0.183 e. The Labute approximate surface area is 127 Å². The first-order chi connectivity index (χ1) is 10.0. The second-order valence-electron chi connectivity index (χ2n) is 5.20. The number of rotatable bonds is 9. The van der Waals surface area contributed by atoms with E-state index in [1.165, 1.54) is 0 Å². The molecule has 4 heteroatoms. The van der Waals surface area contributed by atoms with Crippen molar-refractivity contribution in [3.05, 3.63) is 42.5 Å². The number of carbonyl (C=O) groups excluding carboxylic acids is 1. The predicted molar refractivity (Wildman–Crippen MR) is 84.9 cm³/mol. The van der Waals surface area contributed by atoms with Gasteiger partial charge in [0.15, 0.2) is 5.78 Å². The van der Waals surface area contributed by atoms with Gasteiger partial charge in [0, 0.05) is 5.56 Å². The number of ketones is 1. The zero-order valence-corrected chi connectivity index (χ0v) is 13.1. The minimum Gasteiger partial charge on any atom is -0.491 e. The molecule has 0 aliphatic carbocycles. The molecule has 0 saturated carbocycles. The largest absolute Gasteiger partial charge is 0.491 e. The number of hydrogen-bond acceptors (Lipinski definition) is 4. The molecular formula is C17H25NO3. The van der Waals surface area contributed by atoms with Crippen LogP contribution in [0.25, 0.3) is 0 Å². The van der Waals surface area contributed by atoms with Gasteiger partial charge in [-0.3, -0.25) is 9.69 Å². The fraction of sp³-hybridized carbons (Fsp3) is 0.471. The number of carbonyl (C=O) groups is 1. The van der Waals surface area contributed by atoms with E-state index in [0.29, 0.717) is 24.2 Å². The number of ether oxygens (including phenoxy) is 1. The Balaban J connectivity index is 3.01. The van der Waals surface area contributed by atoms with Gasteiger partial charge in [-0.1, -0.05) is 13.0 Å². The van der Waals surface area contributed by atoms with Crippen molar-refractivity contribution in [3.63, 3.8) is 0 Å². The van der Waals surface area contributed by atoms with Crippen molar-refractivity contribution in [1.29, 1.82) is 0 Å². The highest BCUT2D eigenvalue weighted by molar-refractivity contribution is 6.03. The van der Waals surface area contributed by atoms with Crippen LogP contribution in [0.15, 0.2) is 36.9 Å². The van der Waals surface area contributed by atoms with Crippen molar-refractivity contribution in [3.8, 4) is 5.75 Å². The number of nitrogens with zero attached hydrogens (tertiary/aromatic N) is 1. The van der Waals surface area contributed by atoms with Crippen LogP contribution in [-0.2, 0) is 0 Å². The zero-order valence-electron chi connectivity index (χ0n) is 13.1. The highest BCUT2D eigenvalue weighted by Gasteiger charge is 2.38. The molecule has 1 aromatic carbocycles. The second-order valence-corrected chi connectivity index (χ2v) is 5.20. The van der Waals surface area contributed by atoms with Gasteiger partial charge >= 0.3 is 0 Å². The van der Waals surface area contributed by atoms with Crippen molar-refractivity contribution in [2.45, 2.75) is 25.3 Å². The minimum atomic E-state index is -0.560. The van der Waals surface area contributed by atoms with E-state index in [2.05, 4.69) is 6.58 Å². The van der Waals surface area contributed by atoms with Gasteiger partial charge in [-0.2, -0.15) is 0 Å². The number of benzene rings is 1. The van der Waals surface area contributed by atoms with E-state index in [9.17, 15) is 4.79 Å². The number of aliphatic hydroxyl groups excluding tert-OH is 1. The smallest absolute Gasteiger partial charge is 0.183 e. The lowest BCUT2D eigenvalue weighted by atomic mass is 9.82. The monoisotopic (exact) mass is 291 g/mol. The maximum absolute atomic E-state index is 12.9. The summed E-state index contributed by atoms with van der Waals surface area (Å²) in [5.74, 6) is 0.736. The van der Waals surface area contributed by atoms with Crippen LogP contribution in [0.2, 0.25) is 0 Å². The maximum atomic E-state index is 12.9. The molecule has 0 aromatic heterocycles. The number of Topliss-reactive ketones (excluding diaryl/α,β-unsaturated/α-hetero) is 1. The van der Waals surface area contributed by atoms with Gasteiger partial charge in [0.05, 0.1) is 12.1 Å². The average molecular weight is 291 g/mol. The van der Waals surface area contributed by atoms with Crippen molar-refractivity contribution < 1.29 is 14.6 Å². The third-order valence-electron chi connectivity index (χ3n) is 3.82.